The Morgan fingerprint density at radius 3 is 2.43 bits per heavy atom. The van der Waals surface area contributed by atoms with Crippen LogP contribution in [0.4, 0.5) is 0 Å². The molecule has 3 heteroatoms. The van der Waals surface area contributed by atoms with Gasteiger partial charge in [-0.3, -0.25) is 4.90 Å². The quantitative estimate of drug-likeness (QED) is 0.807. The van der Waals surface area contributed by atoms with Crippen molar-refractivity contribution >= 4 is 0 Å². The summed E-state index contributed by atoms with van der Waals surface area (Å²) in [6.45, 7) is 8.15. The van der Waals surface area contributed by atoms with Gasteiger partial charge in [-0.15, -0.1) is 0 Å². The summed E-state index contributed by atoms with van der Waals surface area (Å²) < 4.78 is 5.64. The molecule has 1 N–H and O–H groups in total. The molecule has 0 amide bonds. The molecule has 124 valence electrons. The first-order valence-electron chi connectivity index (χ1n) is 8.20. The Bertz CT molecular complexity index is 583. The summed E-state index contributed by atoms with van der Waals surface area (Å²) in [6.07, 6.45) is -0.512. The fraction of sp³-hybridized carbons (Fsp3) is 0.400. The topological polar surface area (TPSA) is 32.7 Å². The minimum atomic E-state index is -0.512. The van der Waals surface area contributed by atoms with Gasteiger partial charge in [0.05, 0.1) is 0 Å². The average Bonchev–Trinajstić information content (AvgIpc) is 2.53. The molecule has 0 aromatic heterocycles. The summed E-state index contributed by atoms with van der Waals surface area (Å²) in [5.41, 5.74) is 2.54. The van der Waals surface area contributed by atoms with Crippen LogP contribution in [-0.2, 0) is 6.54 Å². The molecule has 0 saturated carbocycles. The van der Waals surface area contributed by atoms with Crippen molar-refractivity contribution in [2.24, 2.45) is 0 Å². The number of rotatable bonds is 8. The molecule has 1 atom stereocenters. The normalized spacial score (nSPS) is 12.6. The molecule has 0 spiro atoms. The van der Waals surface area contributed by atoms with Crippen LogP contribution in [-0.4, -0.2) is 35.3 Å². The Morgan fingerprint density at radius 2 is 1.78 bits per heavy atom. The molecule has 0 radical (unpaired) electrons. The number of hydrogen-bond acceptors (Lipinski definition) is 3. The number of aliphatic hydroxyl groups is 1. The molecule has 0 saturated heterocycles. The number of ether oxygens (including phenoxy) is 1. The standard InChI is InChI=1S/C20H27NO2/c1-16(2)21(13-18-9-7-8-17(3)12-18)14-19(22)15-23-20-10-5-4-6-11-20/h4-12,16,19,22H,13-15H2,1-3H3/t19-/m1/s1. The number of aliphatic hydroxyl groups excluding tert-OH is 1. The van der Waals surface area contributed by atoms with Crippen molar-refractivity contribution in [1.29, 1.82) is 0 Å². The van der Waals surface area contributed by atoms with Crippen LogP contribution >= 0.6 is 0 Å². The predicted octanol–water partition coefficient (Wildman–Crippen LogP) is 3.65. The molecule has 2 rings (SSSR count). The highest BCUT2D eigenvalue weighted by molar-refractivity contribution is 5.22. The van der Waals surface area contributed by atoms with Crippen LogP contribution in [0.1, 0.15) is 25.0 Å². The molecule has 0 bridgehead atoms. The number of nitrogens with zero attached hydrogens (tertiary/aromatic N) is 1. The minimum absolute atomic E-state index is 0.307. The third-order valence-corrected chi connectivity index (χ3v) is 3.83. The monoisotopic (exact) mass is 313 g/mol. The lowest BCUT2D eigenvalue weighted by atomic mass is 10.1. The van der Waals surface area contributed by atoms with Crippen LogP contribution < -0.4 is 4.74 Å². The third-order valence-electron chi connectivity index (χ3n) is 3.83. The Balaban J connectivity index is 1.88. The first-order valence-corrected chi connectivity index (χ1v) is 8.20. The summed E-state index contributed by atoms with van der Waals surface area (Å²) in [6, 6.07) is 18.5. The van der Waals surface area contributed by atoms with Crippen molar-refractivity contribution in [3.05, 3.63) is 65.7 Å². The fourth-order valence-electron chi connectivity index (χ4n) is 2.54. The van der Waals surface area contributed by atoms with Crippen molar-refractivity contribution in [1.82, 2.24) is 4.90 Å². The molecule has 3 nitrogen and oxygen atoms in total. The second-order valence-electron chi connectivity index (χ2n) is 6.29. The van der Waals surface area contributed by atoms with Crippen molar-refractivity contribution < 1.29 is 9.84 Å². The second kappa shape index (κ2) is 8.70. The summed E-state index contributed by atoms with van der Waals surface area (Å²) >= 11 is 0. The number of aryl methyl sites for hydroxylation is 1. The zero-order valence-electron chi connectivity index (χ0n) is 14.3. The van der Waals surface area contributed by atoms with Crippen molar-refractivity contribution in [3.63, 3.8) is 0 Å². The lowest BCUT2D eigenvalue weighted by molar-refractivity contribution is 0.0543. The molecule has 0 aliphatic rings. The fourth-order valence-corrected chi connectivity index (χ4v) is 2.54. The van der Waals surface area contributed by atoms with Gasteiger partial charge in [0.25, 0.3) is 0 Å². The summed E-state index contributed by atoms with van der Waals surface area (Å²) in [5, 5.41) is 10.3. The highest BCUT2D eigenvalue weighted by Crippen LogP contribution is 2.12. The van der Waals surface area contributed by atoms with Gasteiger partial charge >= 0.3 is 0 Å². The summed E-state index contributed by atoms with van der Waals surface area (Å²) in [5.74, 6) is 0.793. The number of para-hydroxylation sites is 1. The molecule has 0 fully saturated rings. The largest absolute Gasteiger partial charge is 0.491 e. The van der Waals surface area contributed by atoms with Crippen LogP contribution in [0.5, 0.6) is 5.75 Å². The molecular weight excluding hydrogens is 286 g/mol. The smallest absolute Gasteiger partial charge is 0.119 e. The van der Waals surface area contributed by atoms with Gasteiger partial charge in [0.2, 0.25) is 0 Å². The van der Waals surface area contributed by atoms with E-state index in [1.807, 2.05) is 30.3 Å². The highest BCUT2D eigenvalue weighted by Gasteiger charge is 2.16. The SMILES string of the molecule is Cc1cccc(CN(C[C@@H](O)COc2ccccc2)C(C)C)c1. The van der Waals surface area contributed by atoms with E-state index in [1.165, 1.54) is 11.1 Å². The van der Waals surface area contributed by atoms with E-state index in [9.17, 15) is 5.11 Å². The molecule has 23 heavy (non-hydrogen) atoms. The lowest BCUT2D eigenvalue weighted by Crippen LogP contribution is -2.39. The van der Waals surface area contributed by atoms with Crippen molar-refractivity contribution in [2.75, 3.05) is 13.2 Å². The van der Waals surface area contributed by atoms with E-state index >= 15 is 0 Å². The predicted molar refractivity (Wildman–Crippen MR) is 94.7 cm³/mol. The minimum Gasteiger partial charge on any atom is -0.491 e. The summed E-state index contributed by atoms with van der Waals surface area (Å²) in [7, 11) is 0. The van der Waals surface area contributed by atoms with E-state index < -0.39 is 6.10 Å². The van der Waals surface area contributed by atoms with Gasteiger partial charge in [-0.2, -0.15) is 0 Å². The van der Waals surface area contributed by atoms with Crippen LogP contribution in [0.25, 0.3) is 0 Å². The van der Waals surface area contributed by atoms with Crippen LogP contribution in [0.2, 0.25) is 0 Å². The molecule has 0 heterocycles. The number of benzene rings is 2. The third kappa shape index (κ3) is 6.05. The highest BCUT2D eigenvalue weighted by atomic mass is 16.5. The van der Waals surface area contributed by atoms with Gasteiger partial charge in [-0.05, 0) is 38.5 Å². The summed E-state index contributed by atoms with van der Waals surface area (Å²) in [4.78, 5) is 2.27. The zero-order valence-corrected chi connectivity index (χ0v) is 14.3. The maximum atomic E-state index is 10.3. The van der Waals surface area contributed by atoms with Gasteiger partial charge in [-0.1, -0.05) is 48.0 Å². The molecular formula is C20H27NO2. The van der Waals surface area contributed by atoms with Crippen molar-refractivity contribution in [3.8, 4) is 5.75 Å². The van der Waals surface area contributed by atoms with Crippen LogP contribution in [0, 0.1) is 6.92 Å². The Labute approximate surface area is 139 Å². The zero-order chi connectivity index (χ0) is 16.7. The van der Waals surface area contributed by atoms with E-state index in [2.05, 4.69) is 49.9 Å². The van der Waals surface area contributed by atoms with Gasteiger partial charge in [0.1, 0.15) is 18.5 Å². The first-order chi connectivity index (χ1) is 11.0. The van der Waals surface area contributed by atoms with Crippen LogP contribution in [0.3, 0.4) is 0 Å². The Hall–Kier alpha value is -1.84. The van der Waals surface area contributed by atoms with Gasteiger partial charge in [0.15, 0.2) is 0 Å². The molecule has 0 aliphatic carbocycles. The van der Waals surface area contributed by atoms with E-state index in [0.717, 1.165) is 12.3 Å². The second-order valence-corrected chi connectivity index (χ2v) is 6.29. The van der Waals surface area contributed by atoms with E-state index in [1.54, 1.807) is 0 Å². The number of hydrogen-bond donors (Lipinski definition) is 1. The molecule has 2 aromatic carbocycles. The molecule has 0 unspecified atom stereocenters. The maximum Gasteiger partial charge on any atom is 0.119 e. The maximum absolute atomic E-state index is 10.3. The molecule has 0 aliphatic heterocycles. The average molecular weight is 313 g/mol. The van der Waals surface area contributed by atoms with Gasteiger partial charge in [0, 0.05) is 19.1 Å². The van der Waals surface area contributed by atoms with Crippen LogP contribution in [0.15, 0.2) is 54.6 Å². The van der Waals surface area contributed by atoms with E-state index in [4.69, 9.17) is 4.74 Å². The van der Waals surface area contributed by atoms with E-state index in [-0.39, 0.29) is 0 Å². The first kappa shape index (κ1) is 17.5. The Kier molecular flexibility index (Phi) is 6.63. The van der Waals surface area contributed by atoms with Gasteiger partial charge < -0.3 is 9.84 Å². The Morgan fingerprint density at radius 1 is 1.04 bits per heavy atom. The lowest BCUT2D eigenvalue weighted by Gasteiger charge is -2.29. The van der Waals surface area contributed by atoms with Crippen molar-refractivity contribution in [2.45, 2.75) is 39.5 Å². The van der Waals surface area contributed by atoms with E-state index in [0.29, 0.717) is 19.2 Å². The molecule has 2 aromatic rings. The van der Waals surface area contributed by atoms with Gasteiger partial charge in [-0.25, -0.2) is 0 Å².